The number of nitrogens with one attached hydrogen (secondary N) is 2. The number of ether oxygens (including phenoxy) is 1. The van der Waals surface area contributed by atoms with Crippen LogP contribution in [-0.4, -0.2) is 37.2 Å². The van der Waals surface area contributed by atoms with Gasteiger partial charge in [0.1, 0.15) is 5.75 Å². The van der Waals surface area contributed by atoms with Crippen molar-refractivity contribution < 1.29 is 14.3 Å². The number of carbonyl (C=O) groups is 2. The minimum atomic E-state index is -0.312. The zero-order valence-electron chi connectivity index (χ0n) is 19.6. The van der Waals surface area contributed by atoms with Crippen LogP contribution in [-0.2, 0) is 13.1 Å². The fourth-order valence-corrected chi connectivity index (χ4v) is 4.07. The third kappa shape index (κ3) is 5.67. The van der Waals surface area contributed by atoms with Gasteiger partial charge in [0.2, 0.25) is 0 Å². The van der Waals surface area contributed by atoms with Crippen molar-refractivity contribution in [3.05, 3.63) is 89.5 Å². The lowest BCUT2D eigenvalue weighted by atomic mass is 10.1. The Morgan fingerprint density at radius 1 is 0.971 bits per heavy atom. The molecule has 0 atom stereocenters. The molecule has 1 aliphatic heterocycles. The summed E-state index contributed by atoms with van der Waals surface area (Å²) in [5.41, 5.74) is 4.33. The average Bonchev–Trinajstić information content (AvgIpc) is 2.85. The van der Waals surface area contributed by atoms with Crippen molar-refractivity contribution in [2.45, 2.75) is 26.4 Å². The molecule has 3 aromatic carbocycles. The molecule has 176 valence electrons. The van der Waals surface area contributed by atoms with Crippen molar-refractivity contribution in [1.82, 2.24) is 10.2 Å². The van der Waals surface area contributed by atoms with Gasteiger partial charge in [-0.3, -0.25) is 4.90 Å². The van der Waals surface area contributed by atoms with Gasteiger partial charge in [-0.05, 0) is 54.3 Å². The van der Waals surface area contributed by atoms with Gasteiger partial charge in [-0.25, -0.2) is 9.59 Å². The van der Waals surface area contributed by atoms with Gasteiger partial charge in [-0.15, -0.1) is 0 Å². The first kappa shape index (κ1) is 23.2. The van der Waals surface area contributed by atoms with E-state index in [0.29, 0.717) is 37.6 Å². The minimum absolute atomic E-state index is 0.0781. The second kappa shape index (κ2) is 10.7. The molecular formula is C27H30N4O3. The maximum absolute atomic E-state index is 13.4. The molecule has 1 saturated heterocycles. The first-order valence-corrected chi connectivity index (χ1v) is 11.4. The van der Waals surface area contributed by atoms with E-state index in [9.17, 15) is 9.59 Å². The Balaban J connectivity index is 1.48. The van der Waals surface area contributed by atoms with Gasteiger partial charge in [-0.1, -0.05) is 48.5 Å². The smallest absolute Gasteiger partial charge is 0.324 e. The Labute approximate surface area is 200 Å². The Morgan fingerprint density at radius 2 is 1.76 bits per heavy atom. The van der Waals surface area contributed by atoms with Crippen molar-refractivity contribution in [1.29, 1.82) is 0 Å². The van der Waals surface area contributed by atoms with Crippen LogP contribution in [0.15, 0.2) is 72.8 Å². The van der Waals surface area contributed by atoms with Crippen LogP contribution in [0.25, 0.3) is 0 Å². The maximum atomic E-state index is 13.4. The summed E-state index contributed by atoms with van der Waals surface area (Å²) in [6, 6.07) is 22.8. The molecule has 0 spiro atoms. The largest absolute Gasteiger partial charge is 0.497 e. The van der Waals surface area contributed by atoms with Gasteiger partial charge in [0.15, 0.2) is 0 Å². The van der Waals surface area contributed by atoms with Crippen LogP contribution in [0, 0.1) is 6.92 Å². The Hall–Kier alpha value is -4.00. The summed E-state index contributed by atoms with van der Waals surface area (Å²) in [6.45, 7) is 4.16. The van der Waals surface area contributed by atoms with E-state index in [2.05, 4.69) is 10.6 Å². The number of urea groups is 2. The summed E-state index contributed by atoms with van der Waals surface area (Å²) in [4.78, 5) is 29.6. The van der Waals surface area contributed by atoms with Gasteiger partial charge in [-0.2, -0.15) is 0 Å². The van der Waals surface area contributed by atoms with E-state index in [4.69, 9.17) is 4.74 Å². The van der Waals surface area contributed by atoms with Crippen molar-refractivity contribution in [3.63, 3.8) is 0 Å². The highest BCUT2D eigenvalue weighted by molar-refractivity contribution is 6.00. The Kier molecular flexibility index (Phi) is 7.32. The molecule has 0 saturated carbocycles. The molecule has 1 fully saturated rings. The fraction of sp³-hybridized carbons (Fsp3) is 0.259. The number of anilines is 2. The lowest BCUT2D eigenvalue weighted by molar-refractivity contribution is 0.192. The molecule has 0 unspecified atom stereocenters. The van der Waals surface area contributed by atoms with Crippen molar-refractivity contribution in [2.24, 2.45) is 0 Å². The number of benzene rings is 3. The Bertz CT molecular complexity index is 1150. The quantitative estimate of drug-likeness (QED) is 0.514. The standard InChI is InChI=1S/C27H30N4O3/c1-20-12-13-25(24(16-20)29-26(32)28-18-21-8-4-3-5-9-21)31-15-7-14-30(27(31)33)19-22-10-6-11-23(17-22)34-2/h3-6,8-13,16-17H,7,14-15,18-19H2,1-2H3,(H2,28,29,32). The SMILES string of the molecule is COc1cccc(CN2CCCN(c3ccc(C)cc3NC(=O)NCc3ccccc3)C2=O)c1. The molecule has 34 heavy (non-hydrogen) atoms. The van der Waals surface area contributed by atoms with E-state index in [1.54, 1.807) is 12.0 Å². The lowest BCUT2D eigenvalue weighted by Crippen LogP contribution is -2.49. The van der Waals surface area contributed by atoms with Gasteiger partial charge in [0, 0.05) is 26.2 Å². The number of carbonyl (C=O) groups excluding carboxylic acids is 2. The molecule has 1 heterocycles. The van der Waals surface area contributed by atoms with E-state index in [1.807, 2.05) is 84.6 Å². The number of hydrogen-bond acceptors (Lipinski definition) is 3. The summed E-state index contributed by atoms with van der Waals surface area (Å²) in [5.74, 6) is 0.769. The van der Waals surface area contributed by atoms with E-state index in [1.165, 1.54) is 0 Å². The average molecular weight is 459 g/mol. The van der Waals surface area contributed by atoms with Crippen molar-refractivity contribution in [3.8, 4) is 5.75 Å². The third-order valence-corrected chi connectivity index (χ3v) is 5.81. The molecular weight excluding hydrogens is 428 g/mol. The number of nitrogens with zero attached hydrogens (tertiary/aromatic N) is 2. The van der Waals surface area contributed by atoms with Gasteiger partial charge >= 0.3 is 12.1 Å². The molecule has 7 heteroatoms. The zero-order valence-corrected chi connectivity index (χ0v) is 19.6. The summed E-state index contributed by atoms with van der Waals surface area (Å²) in [5, 5.41) is 5.82. The predicted molar refractivity (Wildman–Crippen MR) is 134 cm³/mol. The predicted octanol–water partition coefficient (Wildman–Crippen LogP) is 5.16. The molecule has 4 rings (SSSR count). The second-order valence-corrected chi connectivity index (χ2v) is 8.37. The minimum Gasteiger partial charge on any atom is -0.497 e. The monoisotopic (exact) mass is 458 g/mol. The van der Waals surface area contributed by atoms with Crippen LogP contribution in [0.2, 0.25) is 0 Å². The molecule has 0 bridgehead atoms. The first-order valence-electron chi connectivity index (χ1n) is 11.4. The molecule has 0 aliphatic carbocycles. The van der Waals surface area contributed by atoms with Gasteiger partial charge in [0.25, 0.3) is 0 Å². The topological polar surface area (TPSA) is 73.9 Å². The van der Waals surface area contributed by atoms with Crippen LogP contribution in [0.4, 0.5) is 21.0 Å². The number of methoxy groups -OCH3 is 1. The third-order valence-electron chi connectivity index (χ3n) is 5.81. The highest BCUT2D eigenvalue weighted by atomic mass is 16.5. The van der Waals surface area contributed by atoms with Crippen LogP contribution >= 0.6 is 0 Å². The molecule has 3 aromatic rings. The summed E-state index contributed by atoms with van der Waals surface area (Å²) >= 11 is 0. The molecule has 1 aliphatic rings. The lowest BCUT2D eigenvalue weighted by Gasteiger charge is -2.36. The molecule has 0 radical (unpaired) electrons. The van der Waals surface area contributed by atoms with Crippen LogP contribution in [0.3, 0.4) is 0 Å². The van der Waals surface area contributed by atoms with E-state index >= 15 is 0 Å². The highest BCUT2D eigenvalue weighted by Gasteiger charge is 2.28. The van der Waals surface area contributed by atoms with E-state index in [-0.39, 0.29) is 12.1 Å². The normalized spacial score (nSPS) is 13.5. The molecule has 2 N–H and O–H groups in total. The van der Waals surface area contributed by atoms with Gasteiger partial charge < -0.3 is 20.3 Å². The first-order chi connectivity index (χ1) is 16.5. The number of amides is 4. The molecule has 7 nitrogen and oxygen atoms in total. The van der Waals surface area contributed by atoms with Gasteiger partial charge in [0.05, 0.1) is 18.5 Å². The summed E-state index contributed by atoms with van der Waals surface area (Å²) in [6.07, 6.45) is 0.837. The maximum Gasteiger partial charge on any atom is 0.324 e. The van der Waals surface area contributed by atoms with Crippen LogP contribution < -0.4 is 20.3 Å². The molecule has 0 aromatic heterocycles. The van der Waals surface area contributed by atoms with Crippen molar-refractivity contribution >= 4 is 23.4 Å². The van der Waals surface area contributed by atoms with E-state index < -0.39 is 0 Å². The number of rotatable bonds is 7. The Morgan fingerprint density at radius 3 is 2.56 bits per heavy atom. The fourth-order valence-electron chi connectivity index (χ4n) is 4.07. The highest BCUT2D eigenvalue weighted by Crippen LogP contribution is 2.30. The number of aryl methyl sites for hydroxylation is 1. The van der Waals surface area contributed by atoms with Crippen LogP contribution in [0.1, 0.15) is 23.1 Å². The zero-order chi connectivity index (χ0) is 23.9. The van der Waals surface area contributed by atoms with Crippen LogP contribution in [0.5, 0.6) is 5.75 Å². The summed E-state index contributed by atoms with van der Waals surface area (Å²) < 4.78 is 5.31. The van der Waals surface area contributed by atoms with E-state index in [0.717, 1.165) is 28.9 Å². The molecule has 4 amide bonds. The van der Waals surface area contributed by atoms with Crippen molar-refractivity contribution in [2.75, 3.05) is 30.4 Å². The summed E-state index contributed by atoms with van der Waals surface area (Å²) in [7, 11) is 1.63. The number of hydrogen-bond donors (Lipinski definition) is 2. The second-order valence-electron chi connectivity index (χ2n) is 8.37.